The van der Waals surface area contributed by atoms with Gasteiger partial charge in [-0.1, -0.05) is 12.1 Å². The molecule has 0 saturated heterocycles. The van der Waals surface area contributed by atoms with Gasteiger partial charge in [-0.05, 0) is 24.6 Å². The molecule has 0 aromatic heterocycles. The second-order valence-electron chi connectivity index (χ2n) is 3.95. The standard InChI is InChI=1S/C12H15NO5.Na.H/c1-7(14)11(16)13-10(12(17)18)6-8-2-4-9(15)5-3-8;;/h2-5,7,10,14-15H,6H2,1H3,(H,13,16)(H,17,18);;/t7?,10-;;/m0../s1. The van der Waals surface area contributed by atoms with Crippen LogP contribution < -0.4 is 5.32 Å². The number of carbonyl (C=O) groups excluding carboxylic acids is 1. The monoisotopic (exact) mass is 277 g/mol. The summed E-state index contributed by atoms with van der Waals surface area (Å²) in [6.07, 6.45) is -1.18. The molecule has 0 radical (unpaired) electrons. The van der Waals surface area contributed by atoms with Gasteiger partial charge in [-0.15, -0.1) is 0 Å². The molecule has 7 heteroatoms. The number of hydrogen-bond donors (Lipinski definition) is 4. The van der Waals surface area contributed by atoms with Crippen LogP contribution in [-0.4, -0.2) is 68.9 Å². The van der Waals surface area contributed by atoms with Crippen molar-refractivity contribution in [1.82, 2.24) is 5.32 Å². The Kier molecular flexibility index (Phi) is 7.70. The van der Waals surface area contributed by atoms with Gasteiger partial charge >= 0.3 is 35.5 Å². The fourth-order valence-corrected chi connectivity index (χ4v) is 1.36. The average molecular weight is 277 g/mol. The van der Waals surface area contributed by atoms with Gasteiger partial charge in [0.1, 0.15) is 17.9 Å². The second kappa shape index (κ2) is 8.16. The number of aliphatic hydroxyl groups excluding tert-OH is 1. The zero-order valence-electron chi connectivity index (χ0n) is 9.83. The van der Waals surface area contributed by atoms with Gasteiger partial charge in [-0.25, -0.2) is 4.79 Å². The molecule has 19 heavy (non-hydrogen) atoms. The fourth-order valence-electron chi connectivity index (χ4n) is 1.36. The fraction of sp³-hybridized carbons (Fsp3) is 0.333. The zero-order valence-corrected chi connectivity index (χ0v) is 9.83. The summed E-state index contributed by atoms with van der Waals surface area (Å²) in [4.78, 5) is 22.2. The van der Waals surface area contributed by atoms with Crippen LogP contribution in [0.4, 0.5) is 0 Å². The van der Waals surface area contributed by atoms with Gasteiger partial charge in [0, 0.05) is 6.42 Å². The summed E-state index contributed by atoms with van der Waals surface area (Å²) < 4.78 is 0. The number of aromatic hydroxyl groups is 1. The summed E-state index contributed by atoms with van der Waals surface area (Å²) in [5.74, 6) is -1.84. The van der Waals surface area contributed by atoms with E-state index in [1.807, 2.05) is 0 Å². The minimum absolute atomic E-state index is 0. The van der Waals surface area contributed by atoms with E-state index in [1.54, 1.807) is 12.1 Å². The van der Waals surface area contributed by atoms with Crippen molar-refractivity contribution in [3.05, 3.63) is 29.8 Å². The van der Waals surface area contributed by atoms with E-state index in [4.69, 9.17) is 15.3 Å². The van der Waals surface area contributed by atoms with Gasteiger partial charge in [0.2, 0.25) is 5.91 Å². The summed E-state index contributed by atoms with van der Waals surface area (Å²) >= 11 is 0. The number of phenols is 1. The zero-order chi connectivity index (χ0) is 13.7. The average Bonchev–Trinajstić information content (AvgIpc) is 2.30. The SMILES string of the molecule is CC(O)C(=O)N[C@@H](Cc1ccc(O)cc1)C(=O)O.[NaH]. The van der Waals surface area contributed by atoms with Crippen LogP contribution in [0.15, 0.2) is 24.3 Å². The number of carboxylic acid groups (broad SMARTS) is 1. The van der Waals surface area contributed by atoms with Crippen molar-refractivity contribution in [2.45, 2.75) is 25.5 Å². The number of carbonyl (C=O) groups is 2. The van der Waals surface area contributed by atoms with Crippen molar-refractivity contribution in [3.63, 3.8) is 0 Å². The van der Waals surface area contributed by atoms with Gasteiger partial charge in [-0.3, -0.25) is 4.79 Å². The number of benzene rings is 1. The molecule has 0 aliphatic heterocycles. The molecule has 1 aromatic carbocycles. The number of aliphatic hydroxyl groups is 1. The Labute approximate surface area is 132 Å². The molecule has 1 unspecified atom stereocenters. The Bertz CT molecular complexity index is 432. The molecule has 0 bridgehead atoms. The molecule has 4 N–H and O–H groups in total. The summed E-state index contributed by atoms with van der Waals surface area (Å²) in [5.41, 5.74) is 0.658. The maximum atomic E-state index is 11.2. The molecular weight excluding hydrogens is 261 g/mol. The predicted octanol–water partition coefficient (Wildman–Crippen LogP) is -0.764. The van der Waals surface area contributed by atoms with Crippen molar-refractivity contribution in [2.75, 3.05) is 0 Å². The first-order valence-electron chi connectivity index (χ1n) is 5.39. The first kappa shape index (κ1) is 17.9. The Morgan fingerprint density at radius 2 is 1.79 bits per heavy atom. The molecule has 1 rings (SSSR count). The van der Waals surface area contributed by atoms with E-state index in [-0.39, 0.29) is 41.7 Å². The first-order chi connectivity index (χ1) is 8.40. The normalized spacial score (nSPS) is 12.9. The van der Waals surface area contributed by atoms with Gasteiger partial charge < -0.3 is 20.6 Å². The van der Waals surface area contributed by atoms with Gasteiger partial charge in [0.05, 0.1) is 0 Å². The van der Waals surface area contributed by atoms with E-state index in [1.165, 1.54) is 19.1 Å². The molecule has 0 aliphatic rings. The van der Waals surface area contributed by atoms with Crippen LogP contribution in [0, 0.1) is 0 Å². The maximum absolute atomic E-state index is 11.2. The van der Waals surface area contributed by atoms with Gasteiger partial charge in [0.15, 0.2) is 0 Å². The van der Waals surface area contributed by atoms with Gasteiger partial charge in [0.25, 0.3) is 0 Å². The van der Waals surface area contributed by atoms with Crippen molar-refractivity contribution in [2.24, 2.45) is 0 Å². The number of phenolic OH excluding ortho intramolecular Hbond substituents is 1. The molecule has 0 saturated carbocycles. The Morgan fingerprint density at radius 3 is 2.21 bits per heavy atom. The minimum atomic E-state index is -1.26. The topological polar surface area (TPSA) is 107 Å². The predicted molar refractivity (Wildman–Crippen MR) is 70.2 cm³/mol. The van der Waals surface area contributed by atoms with Crippen LogP contribution in [0.1, 0.15) is 12.5 Å². The molecule has 1 amide bonds. The third-order valence-electron chi connectivity index (χ3n) is 2.37. The Hall–Kier alpha value is -1.08. The molecular formula is C12H16NNaO5. The summed E-state index contributed by atoms with van der Waals surface area (Å²) in [6.45, 7) is 1.26. The van der Waals surface area contributed by atoms with Crippen LogP contribution >= 0.6 is 0 Å². The third-order valence-corrected chi connectivity index (χ3v) is 2.37. The molecule has 100 valence electrons. The number of nitrogens with one attached hydrogen (secondary N) is 1. The van der Waals surface area contributed by atoms with E-state index < -0.39 is 24.0 Å². The Balaban J connectivity index is 0.00000324. The number of rotatable bonds is 5. The number of carboxylic acids is 1. The quantitative estimate of drug-likeness (QED) is 0.529. The number of amides is 1. The van der Waals surface area contributed by atoms with Crippen LogP contribution in [0.5, 0.6) is 5.75 Å². The van der Waals surface area contributed by atoms with E-state index in [9.17, 15) is 9.59 Å². The summed E-state index contributed by atoms with van der Waals surface area (Å²) in [7, 11) is 0. The summed E-state index contributed by atoms with van der Waals surface area (Å²) in [6, 6.07) is 4.89. The molecule has 2 atom stereocenters. The van der Waals surface area contributed by atoms with Crippen molar-refractivity contribution in [1.29, 1.82) is 0 Å². The third kappa shape index (κ3) is 6.07. The number of hydrogen-bond acceptors (Lipinski definition) is 4. The van der Waals surface area contributed by atoms with E-state index in [2.05, 4.69) is 5.32 Å². The van der Waals surface area contributed by atoms with Crippen molar-refractivity contribution >= 4 is 41.4 Å². The van der Waals surface area contributed by atoms with E-state index in [0.29, 0.717) is 5.56 Å². The van der Waals surface area contributed by atoms with Crippen LogP contribution in [0.3, 0.4) is 0 Å². The molecule has 0 heterocycles. The van der Waals surface area contributed by atoms with Crippen molar-refractivity contribution < 1.29 is 24.9 Å². The molecule has 0 spiro atoms. The van der Waals surface area contributed by atoms with Gasteiger partial charge in [-0.2, -0.15) is 0 Å². The van der Waals surface area contributed by atoms with E-state index >= 15 is 0 Å². The number of aliphatic carboxylic acids is 1. The van der Waals surface area contributed by atoms with Crippen LogP contribution in [0.2, 0.25) is 0 Å². The molecule has 1 aromatic rings. The molecule has 0 aliphatic carbocycles. The molecule has 0 fully saturated rings. The van der Waals surface area contributed by atoms with E-state index in [0.717, 1.165) is 0 Å². The Morgan fingerprint density at radius 1 is 1.26 bits per heavy atom. The first-order valence-corrected chi connectivity index (χ1v) is 5.39. The second-order valence-corrected chi connectivity index (χ2v) is 3.95. The van der Waals surface area contributed by atoms with Crippen molar-refractivity contribution in [3.8, 4) is 5.75 Å². The van der Waals surface area contributed by atoms with Crippen LogP contribution in [-0.2, 0) is 16.0 Å². The van der Waals surface area contributed by atoms with Crippen LogP contribution in [0.25, 0.3) is 0 Å². The molecule has 6 nitrogen and oxygen atoms in total. The summed E-state index contributed by atoms with van der Waals surface area (Å²) in [5, 5.41) is 29.3.